The molecule has 0 saturated heterocycles. The Kier molecular flexibility index (Phi) is 5.92. The quantitative estimate of drug-likeness (QED) is 0.849. The van der Waals surface area contributed by atoms with Gasteiger partial charge < -0.3 is 10.6 Å². The number of benzene rings is 1. The van der Waals surface area contributed by atoms with E-state index in [1.54, 1.807) is 25.1 Å². The SMILES string of the molecule is CC(NC(=O)CCNC(=O)C1CCCC1)c1ccccc1F. The predicted molar refractivity (Wildman–Crippen MR) is 82.5 cm³/mol. The zero-order valence-electron chi connectivity index (χ0n) is 12.9. The third-order valence-electron chi connectivity index (χ3n) is 4.13. The molecule has 22 heavy (non-hydrogen) atoms. The van der Waals surface area contributed by atoms with Crippen molar-refractivity contribution in [2.45, 2.75) is 45.1 Å². The molecule has 2 rings (SSSR count). The minimum atomic E-state index is -0.390. The fraction of sp³-hybridized carbons (Fsp3) is 0.529. The second kappa shape index (κ2) is 7.92. The Morgan fingerprint density at radius 2 is 1.95 bits per heavy atom. The monoisotopic (exact) mass is 306 g/mol. The van der Waals surface area contributed by atoms with Crippen molar-refractivity contribution >= 4 is 11.8 Å². The van der Waals surface area contributed by atoms with Crippen LogP contribution in [0.1, 0.15) is 50.6 Å². The largest absolute Gasteiger partial charge is 0.355 e. The lowest BCUT2D eigenvalue weighted by atomic mass is 10.1. The van der Waals surface area contributed by atoms with Gasteiger partial charge in [0.25, 0.3) is 0 Å². The smallest absolute Gasteiger partial charge is 0.223 e. The summed E-state index contributed by atoms with van der Waals surface area (Å²) in [6.07, 6.45) is 4.32. The van der Waals surface area contributed by atoms with Crippen molar-refractivity contribution < 1.29 is 14.0 Å². The normalized spacial score (nSPS) is 16.3. The van der Waals surface area contributed by atoms with Gasteiger partial charge in [-0.3, -0.25) is 9.59 Å². The number of halogens is 1. The number of amides is 2. The zero-order chi connectivity index (χ0) is 15.9. The molecular formula is C17H23FN2O2. The number of carbonyl (C=O) groups is 2. The Balaban J connectivity index is 1.71. The zero-order valence-corrected chi connectivity index (χ0v) is 12.9. The van der Waals surface area contributed by atoms with Crippen LogP contribution >= 0.6 is 0 Å². The summed E-state index contributed by atoms with van der Waals surface area (Å²) in [5.74, 6) is -0.361. The maximum Gasteiger partial charge on any atom is 0.223 e. The van der Waals surface area contributed by atoms with Gasteiger partial charge in [0.1, 0.15) is 5.82 Å². The molecule has 0 aliphatic heterocycles. The van der Waals surface area contributed by atoms with Crippen molar-refractivity contribution in [3.8, 4) is 0 Å². The number of rotatable bonds is 6. The Morgan fingerprint density at radius 1 is 1.27 bits per heavy atom. The van der Waals surface area contributed by atoms with Crippen LogP contribution in [0.25, 0.3) is 0 Å². The van der Waals surface area contributed by atoms with Gasteiger partial charge in [0.05, 0.1) is 6.04 Å². The molecular weight excluding hydrogens is 283 g/mol. The summed E-state index contributed by atoms with van der Waals surface area (Å²) < 4.78 is 13.6. The number of hydrogen-bond donors (Lipinski definition) is 2. The molecule has 1 aliphatic carbocycles. The summed E-state index contributed by atoms with van der Waals surface area (Å²) >= 11 is 0. The summed E-state index contributed by atoms with van der Waals surface area (Å²) in [6, 6.07) is 6.00. The van der Waals surface area contributed by atoms with Crippen molar-refractivity contribution in [3.05, 3.63) is 35.6 Å². The van der Waals surface area contributed by atoms with E-state index < -0.39 is 0 Å². The van der Waals surface area contributed by atoms with E-state index in [2.05, 4.69) is 10.6 Å². The van der Waals surface area contributed by atoms with Crippen molar-refractivity contribution in [2.24, 2.45) is 5.92 Å². The van der Waals surface area contributed by atoms with Crippen LogP contribution in [0.5, 0.6) is 0 Å². The van der Waals surface area contributed by atoms with Crippen LogP contribution in [-0.4, -0.2) is 18.4 Å². The Hall–Kier alpha value is -1.91. The van der Waals surface area contributed by atoms with Gasteiger partial charge in [0, 0.05) is 24.4 Å². The van der Waals surface area contributed by atoms with Gasteiger partial charge in [0.15, 0.2) is 0 Å². The molecule has 1 fully saturated rings. The van der Waals surface area contributed by atoms with Crippen LogP contribution in [0.2, 0.25) is 0 Å². The molecule has 1 unspecified atom stereocenters. The van der Waals surface area contributed by atoms with Crippen LogP contribution in [0.4, 0.5) is 4.39 Å². The Morgan fingerprint density at radius 3 is 2.64 bits per heavy atom. The third kappa shape index (κ3) is 4.55. The summed E-state index contributed by atoms with van der Waals surface area (Å²) in [7, 11) is 0. The average Bonchev–Trinajstić information content (AvgIpc) is 3.01. The number of carbonyl (C=O) groups excluding carboxylic acids is 2. The maximum absolute atomic E-state index is 13.6. The minimum absolute atomic E-state index is 0.0486. The second-order valence-electron chi connectivity index (χ2n) is 5.83. The molecule has 4 nitrogen and oxygen atoms in total. The molecule has 1 saturated carbocycles. The van der Waals surface area contributed by atoms with Crippen LogP contribution in [0.15, 0.2) is 24.3 Å². The summed E-state index contributed by atoms with van der Waals surface area (Å²) in [4.78, 5) is 23.7. The molecule has 2 N–H and O–H groups in total. The third-order valence-corrected chi connectivity index (χ3v) is 4.13. The number of hydrogen-bond acceptors (Lipinski definition) is 2. The first kappa shape index (κ1) is 16.5. The van der Waals surface area contributed by atoms with Gasteiger partial charge in [-0.2, -0.15) is 0 Å². The highest BCUT2D eigenvalue weighted by Crippen LogP contribution is 2.24. The fourth-order valence-corrected chi connectivity index (χ4v) is 2.85. The van der Waals surface area contributed by atoms with E-state index >= 15 is 0 Å². The molecule has 5 heteroatoms. The Bertz CT molecular complexity index is 527. The van der Waals surface area contributed by atoms with Gasteiger partial charge >= 0.3 is 0 Å². The van der Waals surface area contributed by atoms with Crippen molar-refractivity contribution in [3.63, 3.8) is 0 Å². The summed E-state index contributed by atoms with van der Waals surface area (Å²) in [5, 5.41) is 5.56. The van der Waals surface area contributed by atoms with Gasteiger partial charge in [-0.15, -0.1) is 0 Å². The van der Waals surface area contributed by atoms with E-state index in [1.807, 2.05) is 0 Å². The maximum atomic E-state index is 13.6. The second-order valence-corrected chi connectivity index (χ2v) is 5.83. The van der Waals surface area contributed by atoms with Crippen molar-refractivity contribution in [1.82, 2.24) is 10.6 Å². The lowest BCUT2D eigenvalue weighted by Crippen LogP contribution is -2.34. The van der Waals surface area contributed by atoms with E-state index in [-0.39, 0.29) is 36.0 Å². The van der Waals surface area contributed by atoms with E-state index in [0.29, 0.717) is 12.1 Å². The molecule has 0 spiro atoms. The van der Waals surface area contributed by atoms with Crippen LogP contribution in [-0.2, 0) is 9.59 Å². The number of nitrogens with one attached hydrogen (secondary N) is 2. The van der Waals surface area contributed by atoms with Gasteiger partial charge in [0.2, 0.25) is 11.8 Å². The van der Waals surface area contributed by atoms with Crippen LogP contribution in [0, 0.1) is 11.7 Å². The molecule has 1 aromatic rings. The highest BCUT2D eigenvalue weighted by molar-refractivity contribution is 5.80. The van der Waals surface area contributed by atoms with Crippen molar-refractivity contribution in [1.29, 1.82) is 0 Å². The van der Waals surface area contributed by atoms with E-state index in [0.717, 1.165) is 25.7 Å². The minimum Gasteiger partial charge on any atom is -0.355 e. The van der Waals surface area contributed by atoms with Crippen LogP contribution < -0.4 is 10.6 Å². The molecule has 120 valence electrons. The standard InChI is InChI=1S/C17H23FN2O2/c1-12(14-8-4-5-9-15(14)18)20-16(21)10-11-19-17(22)13-6-2-3-7-13/h4-5,8-9,12-13H,2-3,6-7,10-11H2,1H3,(H,19,22)(H,20,21). The summed E-state index contributed by atoms with van der Waals surface area (Å²) in [5.41, 5.74) is 0.464. The van der Waals surface area contributed by atoms with Gasteiger partial charge in [-0.05, 0) is 25.8 Å². The summed E-state index contributed by atoms with van der Waals surface area (Å²) in [6.45, 7) is 2.07. The molecule has 0 radical (unpaired) electrons. The van der Waals surface area contributed by atoms with Crippen molar-refractivity contribution in [2.75, 3.05) is 6.54 Å². The Labute approximate surface area is 130 Å². The van der Waals surface area contributed by atoms with Gasteiger partial charge in [-0.1, -0.05) is 31.0 Å². The lowest BCUT2D eigenvalue weighted by molar-refractivity contribution is -0.125. The predicted octanol–water partition coefficient (Wildman–Crippen LogP) is 2.70. The molecule has 0 bridgehead atoms. The first-order valence-corrected chi connectivity index (χ1v) is 7.89. The van der Waals surface area contributed by atoms with Gasteiger partial charge in [-0.25, -0.2) is 4.39 Å². The van der Waals surface area contributed by atoms with Crippen LogP contribution in [0.3, 0.4) is 0 Å². The molecule has 2 amide bonds. The van der Waals surface area contributed by atoms with E-state index in [9.17, 15) is 14.0 Å². The first-order chi connectivity index (χ1) is 10.6. The van der Waals surface area contributed by atoms with E-state index in [1.165, 1.54) is 6.07 Å². The molecule has 1 aromatic carbocycles. The molecule has 1 aliphatic rings. The highest BCUT2D eigenvalue weighted by atomic mass is 19.1. The average molecular weight is 306 g/mol. The molecule has 0 heterocycles. The van der Waals surface area contributed by atoms with E-state index in [4.69, 9.17) is 0 Å². The lowest BCUT2D eigenvalue weighted by Gasteiger charge is -2.15. The highest BCUT2D eigenvalue weighted by Gasteiger charge is 2.22. The molecule has 1 atom stereocenters. The first-order valence-electron chi connectivity index (χ1n) is 7.89. The topological polar surface area (TPSA) is 58.2 Å². The fourth-order valence-electron chi connectivity index (χ4n) is 2.85. The molecule has 0 aromatic heterocycles.